The summed E-state index contributed by atoms with van der Waals surface area (Å²) in [4.78, 5) is 10.8. The van der Waals surface area contributed by atoms with Gasteiger partial charge in [-0.2, -0.15) is 8.78 Å². The monoisotopic (exact) mass is 175 g/mol. The number of nitrogen functional groups attached to an aromatic ring is 1. The van der Waals surface area contributed by atoms with Crippen molar-refractivity contribution in [1.29, 1.82) is 0 Å². The summed E-state index contributed by atoms with van der Waals surface area (Å²) >= 11 is 0. The van der Waals surface area contributed by atoms with Crippen LogP contribution >= 0.6 is 0 Å². The van der Waals surface area contributed by atoms with Gasteiger partial charge < -0.3 is 0 Å². The minimum atomic E-state index is -2.73. The molecule has 1 rings (SSSR count). The highest BCUT2D eigenvalue weighted by molar-refractivity contribution is 5.92. The predicted octanol–water partition coefficient (Wildman–Crippen LogP) is 0.487. The van der Waals surface area contributed by atoms with Crippen LogP contribution in [0.4, 0.5) is 8.78 Å². The van der Waals surface area contributed by atoms with Crippen molar-refractivity contribution < 1.29 is 13.6 Å². The molecular weight excluding hydrogens is 168 g/mol. The van der Waals surface area contributed by atoms with Gasteiger partial charge in [0.05, 0.1) is 0 Å². The first kappa shape index (κ1) is 8.66. The minimum Gasteiger partial charge on any atom is -0.289 e. The Balaban J connectivity index is 2.99. The van der Waals surface area contributed by atoms with Gasteiger partial charge in [0.15, 0.2) is 0 Å². The molecule has 0 aliphatic carbocycles. The Kier molecular flexibility index (Phi) is 2.39. The second-order valence-electron chi connectivity index (χ2n) is 2.05. The first-order chi connectivity index (χ1) is 5.66. The molecule has 4 nitrogen and oxygen atoms in total. The molecule has 0 spiro atoms. The lowest BCUT2D eigenvalue weighted by Gasteiger charge is -2.05. The van der Waals surface area contributed by atoms with Crippen molar-refractivity contribution in [2.24, 2.45) is 5.84 Å². The number of aromatic nitrogens is 1. The van der Waals surface area contributed by atoms with Gasteiger partial charge in [-0.1, -0.05) is 0 Å². The molecule has 0 aliphatic rings. The molecule has 0 aromatic carbocycles. The molecule has 0 bridgehead atoms. The average molecular weight is 175 g/mol. The van der Waals surface area contributed by atoms with Gasteiger partial charge in [-0.3, -0.25) is 14.8 Å². The molecular formula is C6H7F2N3O. The number of hydrazine groups is 1. The molecule has 1 amide bonds. The zero-order chi connectivity index (χ0) is 9.14. The van der Waals surface area contributed by atoms with Crippen molar-refractivity contribution in [2.45, 2.75) is 6.55 Å². The molecule has 1 aromatic rings. The Hall–Kier alpha value is -1.43. The van der Waals surface area contributed by atoms with E-state index in [1.807, 2.05) is 0 Å². The Bertz CT molecular complexity index is 284. The van der Waals surface area contributed by atoms with Gasteiger partial charge in [0, 0.05) is 6.20 Å². The van der Waals surface area contributed by atoms with Crippen molar-refractivity contribution in [3.8, 4) is 0 Å². The summed E-state index contributed by atoms with van der Waals surface area (Å²) in [6.45, 7) is -2.73. The van der Waals surface area contributed by atoms with Gasteiger partial charge in [0.1, 0.15) is 5.69 Å². The van der Waals surface area contributed by atoms with Gasteiger partial charge in [-0.15, -0.1) is 0 Å². The van der Waals surface area contributed by atoms with Crippen LogP contribution in [0.2, 0.25) is 0 Å². The molecule has 1 heterocycles. The fourth-order valence-electron chi connectivity index (χ4n) is 0.830. The number of rotatable bonds is 2. The van der Waals surface area contributed by atoms with Crippen LogP contribution in [0.25, 0.3) is 0 Å². The second kappa shape index (κ2) is 3.31. The number of nitrogens with one attached hydrogen (secondary N) is 1. The van der Waals surface area contributed by atoms with E-state index in [4.69, 9.17) is 5.84 Å². The smallest absolute Gasteiger partial charge is 0.289 e. The Morgan fingerprint density at radius 2 is 2.33 bits per heavy atom. The van der Waals surface area contributed by atoms with Gasteiger partial charge in [-0.25, -0.2) is 5.84 Å². The highest BCUT2D eigenvalue weighted by atomic mass is 19.3. The third-order valence-corrected chi connectivity index (χ3v) is 1.35. The van der Waals surface area contributed by atoms with Crippen LogP contribution in [-0.2, 0) is 0 Å². The van der Waals surface area contributed by atoms with Crippen LogP contribution in [0, 0.1) is 0 Å². The number of hydrogen-bond acceptors (Lipinski definition) is 2. The predicted molar refractivity (Wildman–Crippen MR) is 37.3 cm³/mol. The number of nitrogens with zero attached hydrogens (tertiary/aromatic N) is 1. The molecule has 6 heteroatoms. The highest BCUT2D eigenvalue weighted by Crippen LogP contribution is 2.13. The fraction of sp³-hybridized carbons (Fsp3) is 0.167. The third-order valence-electron chi connectivity index (χ3n) is 1.35. The van der Waals surface area contributed by atoms with Crippen LogP contribution in [0.3, 0.4) is 0 Å². The lowest BCUT2D eigenvalue weighted by Crippen LogP contribution is -2.31. The van der Waals surface area contributed by atoms with E-state index in [2.05, 4.69) is 0 Å². The van der Waals surface area contributed by atoms with Crippen molar-refractivity contribution >= 4 is 5.91 Å². The SMILES string of the molecule is NNC(=O)c1cccn1C(F)F. The Morgan fingerprint density at radius 1 is 1.67 bits per heavy atom. The quantitative estimate of drug-likeness (QED) is 0.390. The summed E-state index contributed by atoms with van der Waals surface area (Å²) in [5, 5.41) is 0. The van der Waals surface area contributed by atoms with E-state index >= 15 is 0 Å². The van der Waals surface area contributed by atoms with Crippen molar-refractivity contribution in [2.75, 3.05) is 0 Å². The number of nitrogens with two attached hydrogens (primary N) is 1. The summed E-state index contributed by atoms with van der Waals surface area (Å²) < 4.78 is 24.7. The molecule has 66 valence electrons. The maximum Gasteiger partial charge on any atom is 0.319 e. The molecule has 0 unspecified atom stereocenters. The van der Waals surface area contributed by atoms with Crippen LogP contribution in [0.1, 0.15) is 17.0 Å². The van der Waals surface area contributed by atoms with Crippen molar-refractivity contribution in [3.63, 3.8) is 0 Å². The van der Waals surface area contributed by atoms with E-state index in [0.717, 1.165) is 6.20 Å². The third kappa shape index (κ3) is 1.42. The number of alkyl halides is 2. The molecule has 0 saturated carbocycles. The molecule has 0 saturated heterocycles. The molecule has 0 radical (unpaired) electrons. The van der Waals surface area contributed by atoms with E-state index in [1.54, 1.807) is 5.43 Å². The average Bonchev–Trinajstić information content (AvgIpc) is 2.50. The molecule has 0 fully saturated rings. The Labute approximate surface area is 66.9 Å². The molecule has 0 atom stereocenters. The van der Waals surface area contributed by atoms with Gasteiger partial charge in [0.25, 0.3) is 5.91 Å². The molecule has 1 aromatic heterocycles. The number of hydrogen-bond donors (Lipinski definition) is 2. The first-order valence-electron chi connectivity index (χ1n) is 3.12. The fourth-order valence-corrected chi connectivity index (χ4v) is 0.830. The van der Waals surface area contributed by atoms with Crippen LogP contribution < -0.4 is 11.3 Å². The lowest BCUT2D eigenvalue weighted by molar-refractivity contribution is 0.0635. The molecule has 0 aliphatic heterocycles. The zero-order valence-electron chi connectivity index (χ0n) is 6.00. The molecule has 12 heavy (non-hydrogen) atoms. The summed E-state index contributed by atoms with van der Waals surface area (Å²) in [7, 11) is 0. The lowest BCUT2D eigenvalue weighted by atomic mass is 10.4. The highest BCUT2D eigenvalue weighted by Gasteiger charge is 2.14. The second-order valence-corrected chi connectivity index (χ2v) is 2.05. The number of halogens is 2. The molecule has 3 N–H and O–H groups in total. The van der Waals surface area contributed by atoms with Crippen molar-refractivity contribution in [3.05, 3.63) is 24.0 Å². The minimum absolute atomic E-state index is 0.160. The van der Waals surface area contributed by atoms with Gasteiger partial charge in [0.2, 0.25) is 0 Å². The van der Waals surface area contributed by atoms with E-state index in [9.17, 15) is 13.6 Å². The van der Waals surface area contributed by atoms with Gasteiger partial charge >= 0.3 is 6.55 Å². The summed E-state index contributed by atoms with van der Waals surface area (Å²) in [6, 6.07) is 2.60. The van der Waals surface area contributed by atoms with E-state index in [1.165, 1.54) is 12.1 Å². The van der Waals surface area contributed by atoms with E-state index in [-0.39, 0.29) is 5.69 Å². The van der Waals surface area contributed by atoms with Crippen LogP contribution in [0.15, 0.2) is 18.3 Å². The van der Waals surface area contributed by atoms with Crippen LogP contribution in [-0.4, -0.2) is 10.5 Å². The van der Waals surface area contributed by atoms with E-state index in [0.29, 0.717) is 4.57 Å². The van der Waals surface area contributed by atoms with Gasteiger partial charge in [-0.05, 0) is 12.1 Å². The maximum atomic E-state index is 12.1. The number of carbonyl (C=O) groups is 1. The normalized spacial score (nSPS) is 10.3. The summed E-state index contributed by atoms with van der Waals surface area (Å²) in [6.07, 6.45) is 1.11. The standard InChI is InChI=1S/C6H7F2N3O/c7-6(8)11-3-1-2-4(11)5(12)10-9/h1-3,6H,9H2,(H,10,12). The van der Waals surface area contributed by atoms with Crippen molar-refractivity contribution in [1.82, 2.24) is 9.99 Å². The largest absolute Gasteiger partial charge is 0.319 e. The zero-order valence-corrected chi connectivity index (χ0v) is 6.00. The first-order valence-corrected chi connectivity index (χ1v) is 3.12. The number of amides is 1. The summed E-state index contributed by atoms with van der Waals surface area (Å²) in [5.74, 6) is 4.04. The number of carbonyl (C=O) groups excluding carboxylic acids is 1. The summed E-state index contributed by atoms with van der Waals surface area (Å²) in [5.41, 5.74) is 1.61. The topological polar surface area (TPSA) is 60.0 Å². The van der Waals surface area contributed by atoms with E-state index < -0.39 is 12.5 Å². The van der Waals surface area contributed by atoms with Crippen LogP contribution in [0.5, 0.6) is 0 Å². The Morgan fingerprint density at radius 3 is 2.83 bits per heavy atom. The maximum absolute atomic E-state index is 12.1.